The molecule has 0 aliphatic heterocycles. The van der Waals surface area contributed by atoms with Gasteiger partial charge < -0.3 is 14.2 Å². The highest BCUT2D eigenvalue weighted by molar-refractivity contribution is 5.72. The molecule has 1 atom stereocenters. The molecule has 0 saturated carbocycles. The van der Waals surface area contributed by atoms with Gasteiger partial charge >= 0.3 is 17.9 Å². The number of hydrogen-bond donors (Lipinski definition) is 0. The second-order valence-electron chi connectivity index (χ2n) is 13.9. The van der Waals surface area contributed by atoms with Crippen LogP contribution in [0.4, 0.5) is 0 Å². The summed E-state index contributed by atoms with van der Waals surface area (Å²) in [6.45, 7) is 6.35. The average Bonchev–Trinajstić information content (AvgIpc) is 3.14. The minimum absolute atomic E-state index is 0.103. The van der Waals surface area contributed by atoms with Crippen LogP contribution >= 0.6 is 0 Å². The lowest BCUT2D eigenvalue weighted by Gasteiger charge is -2.18. The standard InChI is InChI=1S/C46H78O6/c1-4-7-10-13-16-18-20-22-23-25-26-28-30-33-36-39-45(48)51-42-43(41-50-44(47)38-35-32-15-12-9-6-3)52-46(49)40-37-34-31-29-27-24-21-19-17-14-11-8-5-2/h7,10,16,18,22-23,26,28,33,36,43H,4-6,8-9,11-15,17,19-21,24-25,27,29-32,34-35,37-42H2,1-3H3/b10-7-,18-16-,23-22-,28-26-,36-33-. The summed E-state index contributed by atoms with van der Waals surface area (Å²) in [5, 5.41) is 0. The number of allylic oxidation sites excluding steroid dienone is 9. The molecule has 0 fully saturated rings. The highest BCUT2D eigenvalue weighted by atomic mass is 16.6. The van der Waals surface area contributed by atoms with E-state index in [0.717, 1.165) is 70.6 Å². The Kier molecular flexibility index (Phi) is 38.6. The first kappa shape index (κ1) is 49.1. The zero-order valence-electron chi connectivity index (χ0n) is 33.8. The molecule has 0 saturated heterocycles. The molecule has 0 spiro atoms. The van der Waals surface area contributed by atoms with E-state index in [1.54, 1.807) is 6.08 Å². The van der Waals surface area contributed by atoms with Gasteiger partial charge in [0, 0.05) is 12.8 Å². The van der Waals surface area contributed by atoms with E-state index in [-0.39, 0.29) is 31.6 Å². The Bertz CT molecular complexity index is 975. The van der Waals surface area contributed by atoms with E-state index in [0.29, 0.717) is 12.8 Å². The van der Waals surface area contributed by atoms with Gasteiger partial charge in [0.05, 0.1) is 6.42 Å². The van der Waals surface area contributed by atoms with Gasteiger partial charge in [0.15, 0.2) is 6.10 Å². The van der Waals surface area contributed by atoms with Crippen molar-refractivity contribution in [1.82, 2.24) is 0 Å². The van der Waals surface area contributed by atoms with E-state index in [9.17, 15) is 14.4 Å². The van der Waals surface area contributed by atoms with Gasteiger partial charge in [-0.25, -0.2) is 0 Å². The Morgan fingerprint density at radius 3 is 1.17 bits per heavy atom. The molecular formula is C46H78O6. The minimum atomic E-state index is -0.805. The highest BCUT2D eigenvalue weighted by Gasteiger charge is 2.19. The van der Waals surface area contributed by atoms with Gasteiger partial charge in [-0.3, -0.25) is 14.4 Å². The van der Waals surface area contributed by atoms with Crippen molar-refractivity contribution in [1.29, 1.82) is 0 Å². The molecule has 0 amide bonds. The maximum atomic E-state index is 12.6. The van der Waals surface area contributed by atoms with Crippen LogP contribution in [0.3, 0.4) is 0 Å². The Labute approximate surface area is 320 Å². The van der Waals surface area contributed by atoms with E-state index in [4.69, 9.17) is 14.2 Å². The highest BCUT2D eigenvalue weighted by Crippen LogP contribution is 2.14. The van der Waals surface area contributed by atoms with Crippen molar-refractivity contribution in [3.05, 3.63) is 60.8 Å². The number of unbranched alkanes of at least 4 members (excludes halogenated alkanes) is 17. The van der Waals surface area contributed by atoms with Gasteiger partial charge in [-0.2, -0.15) is 0 Å². The molecular weight excluding hydrogens is 648 g/mol. The van der Waals surface area contributed by atoms with Crippen LogP contribution in [0.5, 0.6) is 0 Å². The molecule has 0 bridgehead atoms. The summed E-state index contributed by atoms with van der Waals surface area (Å²) in [7, 11) is 0. The van der Waals surface area contributed by atoms with E-state index >= 15 is 0 Å². The first-order valence-electron chi connectivity index (χ1n) is 21.3. The molecule has 6 heteroatoms. The molecule has 0 N–H and O–H groups in total. The fraction of sp³-hybridized carbons (Fsp3) is 0.717. The molecule has 1 unspecified atom stereocenters. The smallest absolute Gasteiger partial charge is 0.309 e. The third-order valence-corrected chi connectivity index (χ3v) is 8.82. The summed E-state index contributed by atoms with van der Waals surface area (Å²) in [6, 6.07) is 0. The second kappa shape index (κ2) is 40.9. The van der Waals surface area contributed by atoms with Crippen molar-refractivity contribution >= 4 is 17.9 Å². The molecule has 0 aromatic heterocycles. The third-order valence-electron chi connectivity index (χ3n) is 8.82. The summed E-state index contributed by atoms with van der Waals surface area (Å²) >= 11 is 0. The lowest BCUT2D eigenvalue weighted by Crippen LogP contribution is -2.30. The number of hydrogen-bond acceptors (Lipinski definition) is 6. The number of rotatable bonds is 37. The predicted molar refractivity (Wildman–Crippen MR) is 219 cm³/mol. The molecule has 0 aliphatic rings. The van der Waals surface area contributed by atoms with Crippen molar-refractivity contribution in [2.24, 2.45) is 0 Å². The number of esters is 3. The molecule has 298 valence electrons. The number of ether oxygens (including phenoxy) is 3. The first-order valence-corrected chi connectivity index (χ1v) is 21.3. The topological polar surface area (TPSA) is 78.9 Å². The number of carbonyl (C=O) groups excluding carboxylic acids is 3. The molecule has 0 aromatic rings. The first-order chi connectivity index (χ1) is 25.5. The zero-order chi connectivity index (χ0) is 38.0. The van der Waals surface area contributed by atoms with E-state index in [1.165, 1.54) is 83.5 Å². The fourth-order valence-electron chi connectivity index (χ4n) is 5.63. The maximum absolute atomic E-state index is 12.6. The minimum Gasteiger partial charge on any atom is -0.462 e. The Balaban J connectivity index is 4.43. The van der Waals surface area contributed by atoms with Gasteiger partial charge in [0.2, 0.25) is 0 Å². The Hall–Kier alpha value is -2.89. The van der Waals surface area contributed by atoms with Gasteiger partial charge in [-0.15, -0.1) is 0 Å². The quantitative estimate of drug-likeness (QED) is 0.0274. The SMILES string of the molecule is CC/C=C\C/C=C\C/C=C\C/C=C\C/C=C\CC(=O)OCC(COC(=O)CCCCCCCC)OC(=O)CCCCCCCCCCCCCCC. The van der Waals surface area contributed by atoms with E-state index in [2.05, 4.69) is 69.4 Å². The van der Waals surface area contributed by atoms with Crippen LogP contribution in [-0.2, 0) is 28.6 Å². The van der Waals surface area contributed by atoms with Gasteiger partial charge in [-0.1, -0.05) is 191 Å². The van der Waals surface area contributed by atoms with Crippen LogP contribution in [0.15, 0.2) is 60.8 Å². The van der Waals surface area contributed by atoms with Crippen molar-refractivity contribution in [3.63, 3.8) is 0 Å². The normalized spacial score (nSPS) is 12.6. The molecule has 0 aromatic carbocycles. The lowest BCUT2D eigenvalue weighted by atomic mass is 10.0. The van der Waals surface area contributed by atoms with Crippen molar-refractivity contribution < 1.29 is 28.6 Å². The summed E-state index contributed by atoms with van der Waals surface area (Å²) < 4.78 is 16.5. The maximum Gasteiger partial charge on any atom is 0.309 e. The van der Waals surface area contributed by atoms with Gasteiger partial charge in [0.25, 0.3) is 0 Å². The Morgan fingerprint density at radius 1 is 0.404 bits per heavy atom. The van der Waals surface area contributed by atoms with E-state index in [1.807, 2.05) is 6.08 Å². The van der Waals surface area contributed by atoms with Crippen LogP contribution in [0.2, 0.25) is 0 Å². The van der Waals surface area contributed by atoms with Crippen molar-refractivity contribution in [3.8, 4) is 0 Å². The molecule has 0 heterocycles. The summed E-state index contributed by atoms with van der Waals surface area (Å²) in [5.74, 6) is -1.05. The zero-order valence-corrected chi connectivity index (χ0v) is 33.8. The summed E-state index contributed by atoms with van der Waals surface area (Å²) in [4.78, 5) is 37.4. The second-order valence-corrected chi connectivity index (χ2v) is 13.9. The average molecular weight is 727 g/mol. The number of carbonyl (C=O) groups is 3. The monoisotopic (exact) mass is 727 g/mol. The van der Waals surface area contributed by atoms with Gasteiger partial charge in [-0.05, 0) is 44.9 Å². The molecule has 52 heavy (non-hydrogen) atoms. The third kappa shape index (κ3) is 38.3. The molecule has 0 rings (SSSR count). The molecule has 6 nitrogen and oxygen atoms in total. The summed E-state index contributed by atoms with van der Waals surface area (Å²) in [5.41, 5.74) is 0. The Morgan fingerprint density at radius 2 is 0.750 bits per heavy atom. The van der Waals surface area contributed by atoms with E-state index < -0.39 is 12.1 Å². The largest absolute Gasteiger partial charge is 0.462 e. The van der Waals surface area contributed by atoms with Crippen LogP contribution < -0.4 is 0 Å². The van der Waals surface area contributed by atoms with Crippen molar-refractivity contribution in [2.45, 2.75) is 200 Å². The predicted octanol–water partition coefficient (Wildman–Crippen LogP) is 13.4. The van der Waals surface area contributed by atoms with Crippen LogP contribution in [0.1, 0.15) is 194 Å². The van der Waals surface area contributed by atoms with Crippen LogP contribution in [-0.4, -0.2) is 37.2 Å². The lowest BCUT2D eigenvalue weighted by molar-refractivity contribution is -0.166. The molecule has 0 radical (unpaired) electrons. The van der Waals surface area contributed by atoms with Crippen LogP contribution in [0.25, 0.3) is 0 Å². The van der Waals surface area contributed by atoms with Crippen molar-refractivity contribution in [2.75, 3.05) is 13.2 Å². The molecule has 0 aliphatic carbocycles. The van der Waals surface area contributed by atoms with Crippen LogP contribution in [0, 0.1) is 0 Å². The fourth-order valence-corrected chi connectivity index (χ4v) is 5.63. The van der Waals surface area contributed by atoms with Gasteiger partial charge in [0.1, 0.15) is 13.2 Å². The summed E-state index contributed by atoms with van der Waals surface area (Å²) in [6.07, 6.45) is 48.2.